The average Bonchev–Trinajstić information content (AvgIpc) is 2.40. The summed E-state index contributed by atoms with van der Waals surface area (Å²) in [5.74, 6) is 0.657. The van der Waals surface area contributed by atoms with Crippen LogP contribution >= 0.6 is 0 Å². The minimum Gasteiger partial charge on any atom is -0.378 e. The molecule has 5 nitrogen and oxygen atoms in total. The predicted octanol–water partition coefficient (Wildman–Crippen LogP) is 0.817. The third-order valence-electron chi connectivity index (χ3n) is 4.10. The third-order valence-corrected chi connectivity index (χ3v) is 6.15. The SMILES string of the molecule is CCOC1CCN(S(=O)(=O)CC2CCNCC2)CC1. The summed E-state index contributed by atoms with van der Waals surface area (Å²) in [5, 5.41) is 3.27. The number of hydrogen-bond donors (Lipinski definition) is 1. The minimum atomic E-state index is -3.07. The van der Waals surface area contributed by atoms with Crippen molar-refractivity contribution in [2.45, 2.75) is 38.7 Å². The Morgan fingerprint density at radius 1 is 1.16 bits per heavy atom. The van der Waals surface area contributed by atoms with Gasteiger partial charge in [-0.05, 0) is 51.6 Å². The fraction of sp³-hybridized carbons (Fsp3) is 1.00. The van der Waals surface area contributed by atoms with E-state index in [1.165, 1.54) is 0 Å². The molecule has 2 fully saturated rings. The monoisotopic (exact) mass is 290 g/mol. The molecule has 0 unspecified atom stereocenters. The van der Waals surface area contributed by atoms with Gasteiger partial charge in [-0.1, -0.05) is 0 Å². The van der Waals surface area contributed by atoms with Crippen LogP contribution in [0.15, 0.2) is 0 Å². The van der Waals surface area contributed by atoms with Crippen molar-refractivity contribution in [3.8, 4) is 0 Å². The highest BCUT2D eigenvalue weighted by atomic mass is 32.2. The first kappa shape index (κ1) is 15.2. The van der Waals surface area contributed by atoms with Crippen LogP contribution in [-0.4, -0.2) is 57.4 Å². The maximum absolute atomic E-state index is 12.4. The topological polar surface area (TPSA) is 58.6 Å². The standard InChI is InChI=1S/C13H26N2O3S/c1-2-18-13-5-9-15(10-6-13)19(16,17)11-12-3-7-14-8-4-12/h12-14H,2-11H2,1H3. The Labute approximate surface area is 116 Å². The molecule has 0 amide bonds. The van der Waals surface area contributed by atoms with E-state index in [1.54, 1.807) is 4.31 Å². The lowest BCUT2D eigenvalue weighted by molar-refractivity contribution is 0.0289. The van der Waals surface area contributed by atoms with Crippen LogP contribution in [0.2, 0.25) is 0 Å². The summed E-state index contributed by atoms with van der Waals surface area (Å²) in [6, 6.07) is 0. The summed E-state index contributed by atoms with van der Waals surface area (Å²) in [6.07, 6.45) is 3.87. The second kappa shape index (κ2) is 7.02. The Bertz CT molecular complexity index is 358. The fourth-order valence-electron chi connectivity index (χ4n) is 2.96. The van der Waals surface area contributed by atoms with Crippen molar-refractivity contribution in [3.05, 3.63) is 0 Å². The zero-order valence-electron chi connectivity index (χ0n) is 11.8. The molecule has 6 heteroatoms. The van der Waals surface area contributed by atoms with Gasteiger partial charge in [-0.15, -0.1) is 0 Å². The number of hydrogen-bond acceptors (Lipinski definition) is 4. The number of ether oxygens (including phenoxy) is 1. The summed E-state index contributed by atoms with van der Waals surface area (Å²) in [4.78, 5) is 0. The van der Waals surface area contributed by atoms with Crippen LogP contribution in [0.25, 0.3) is 0 Å². The number of nitrogens with zero attached hydrogens (tertiary/aromatic N) is 1. The van der Waals surface area contributed by atoms with Crippen molar-refractivity contribution >= 4 is 10.0 Å². The number of sulfonamides is 1. The first-order valence-electron chi connectivity index (χ1n) is 7.42. The van der Waals surface area contributed by atoms with Crippen molar-refractivity contribution in [3.63, 3.8) is 0 Å². The molecule has 0 spiro atoms. The average molecular weight is 290 g/mol. The molecule has 0 radical (unpaired) electrons. The molecule has 2 aliphatic rings. The van der Waals surface area contributed by atoms with E-state index in [9.17, 15) is 8.42 Å². The molecule has 0 aromatic rings. The van der Waals surface area contributed by atoms with Gasteiger partial charge >= 0.3 is 0 Å². The van der Waals surface area contributed by atoms with Gasteiger partial charge in [0.1, 0.15) is 0 Å². The van der Waals surface area contributed by atoms with Crippen LogP contribution in [0.5, 0.6) is 0 Å². The normalized spacial score (nSPS) is 24.7. The van der Waals surface area contributed by atoms with Crippen LogP contribution < -0.4 is 5.32 Å². The van der Waals surface area contributed by atoms with Crippen molar-refractivity contribution in [2.75, 3.05) is 38.5 Å². The first-order chi connectivity index (χ1) is 9.12. The molecule has 0 aromatic heterocycles. The van der Waals surface area contributed by atoms with Crippen molar-refractivity contribution in [1.82, 2.24) is 9.62 Å². The molecule has 2 rings (SSSR count). The Hall–Kier alpha value is -0.170. The molecule has 2 saturated heterocycles. The Kier molecular flexibility index (Phi) is 5.62. The molecule has 19 heavy (non-hydrogen) atoms. The molecule has 0 aromatic carbocycles. The lowest BCUT2D eigenvalue weighted by Gasteiger charge is -2.32. The van der Waals surface area contributed by atoms with Crippen molar-refractivity contribution < 1.29 is 13.2 Å². The maximum Gasteiger partial charge on any atom is 0.214 e. The smallest absolute Gasteiger partial charge is 0.214 e. The lowest BCUT2D eigenvalue weighted by atomic mass is 10.0. The van der Waals surface area contributed by atoms with E-state index in [1.807, 2.05) is 6.92 Å². The van der Waals surface area contributed by atoms with E-state index in [4.69, 9.17) is 4.74 Å². The second-order valence-corrected chi connectivity index (χ2v) is 7.54. The second-order valence-electron chi connectivity index (χ2n) is 5.53. The highest BCUT2D eigenvalue weighted by Gasteiger charge is 2.30. The molecular formula is C13H26N2O3S. The van der Waals surface area contributed by atoms with Crippen molar-refractivity contribution in [2.24, 2.45) is 5.92 Å². The molecule has 0 aliphatic carbocycles. The fourth-order valence-corrected chi connectivity index (χ4v) is 4.87. The minimum absolute atomic E-state index is 0.246. The van der Waals surface area contributed by atoms with E-state index in [0.717, 1.165) is 38.8 Å². The summed E-state index contributed by atoms with van der Waals surface area (Å²) in [7, 11) is -3.07. The molecule has 112 valence electrons. The summed E-state index contributed by atoms with van der Waals surface area (Å²) >= 11 is 0. The van der Waals surface area contributed by atoms with Gasteiger partial charge in [-0.25, -0.2) is 12.7 Å². The molecule has 0 saturated carbocycles. The zero-order chi connectivity index (χ0) is 13.7. The number of piperidine rings is 2. The highest BCUT2D eigenvalue weighted by Crippen LogP contribution is 2.21. The Balaban J connectivity index is 1.83. The molecule has 0 bridgehead atoms. The van der Waals surface area contributed by atoms with Crippen LogP contribution in [0.3, 0.4) is 0 Å². The van der Waals surface area contributed by atoms with Gasteiger partial charge in [0.2, 0.25) is 10.0 Å². The van der Waals surface area contributed by atoms with Crippen LogP contribution in [0.1, 0.15) is 32.6 Å². The van der Waals surface area contributed by atoms with Gasteiger partial charge in [0.25, 0.3) is 0 Å². The molecule has 1 N–H and O–H groups in total. The molecular weight excluding hydrogens is 264 g/mol. The molecule has 2 heterocycles. The molecule has 2 aliphatic heterocycles. The van der Waals surface area contributed by atoms with Gasteiger partial charge in [0.05, 0.1) is 11.9 Å². The van der Waals surface area contributed by atoms with E-state index in [-0.39, 0.29) is 6.10 Å². The van der Waals surface area contributed by atoms with Gasteiger partial charge < -0.3 is 10.1 Å². The predicted molar refractivity (Wildman–Crippen MR) is 75.6 cm³/mol. The quantitative estimate of drug-likeness (QED) is 0.814. The van der Waals surface area contributed by atoms with Gasteiger partial charge in [-0.3, -0.25) is 0 Å². The summed E-state index contributed by atoms with van der Waals surface area (Å²) in [5.41, 5.74) is 0. The first-order valence-corrected chi connectivity index (χ1v) is 9.03. The number of rotatable bonds is 5. The zero-order valence-corrected chi connectivity index (χ0v) is 12.6. The van der Waals surface area contributed by atoms with E-state index < -0.39 is 10.0 Å². The van der Waals surface area contributed by atoms with Gasteiger partial charge in [-0.2, -0.15) is 0 Å². The maximum atomic E-state index is 12.4. The van der Waals surface area contributed by atoms with Crippen LogP contribution in [-0.2, 0) is 14.8 Å². The van der Waals surface area contributed by atoms with Crippen LogP contribution in [0.4, 0.5) is 0 Å². The van der Waals surface area contributed by atoms with Gasteiger partial charge in [0.15, 0.2) is 0 Å². The lowest BCUT2D eigenvalue weighted by Crippen LogP contribution is -2.44. The summed E-state index contributed by atoms with van der Waals surface area (Å²) < 4.78 is 32.0. The van der Waals surface area contributed by atoms with Crippen molar-refractivity contribution in [1.29, 1.82) is 0 Å². The Morgan fingerprint density at radius 3 is 2.37 bits per heavy atom. The summed E-state index contributed by atoms with van der Waals surface area (Å²) in [6.45, 7) is 5.85. The largest absolute Gasteiger partial charge is 0.378 e. The van der Waals surface area contributed by atoms with E-state index in [2.05, 4.69) is 5.32 Å². The number of nitrogens with one attached hydrogen (secondary N) is 1. The van der Waals surface area contributed by atoms with E-state index >= 15 is 0 Å². The van der Waals surface area contributed by atoms with Gasteiger partial charge in [0, 0.05) is 19.7 Å². The third kappa shape index (κ3) is 4.41. The van der Waals surface area contributed by atoms with E-state index in [0.29, 0.717) is 31.4 Å². The highest BCUT2D eigenvalue weighted by molar-refractivity contribution is 7.89. The Morgan fingerprint density at radius 2 is 1.79 bits per heavy atom. The van der Waals surface area contributed by atoms with Crippen LogP contribution in [0, 0.1) is 5.92 Å². The molecule has 0 atom stereocenters.